The number of hydrazone groups is 1. The lowest BCUT2D eigenvalue weighted by Gasteiger charge is -2.03. The Morgan fingerprint density at radius 3 is 2.52 bits per heavy atom. The van der Waals surface area contributed by atoms with Gasteiger partial charge in [0.15, 0.2) is 0 Å². The van der Waals surface area contributed by atoms with Crippen LogP contribution in [0.15, 0.2) is 57.5 Å². The van der Waals surface area contributed by atoms with Gasteiger partial charge in [-0.3, -0.25) is 9.59 Å². The zero-order valence-corrected chi connectivity index (χ0v) is 13.7. The van der Waals surface area contributed by atoms with Gasteiger partial charge in [-0.1, -0.05) is 28.6 Å². The van der Waals surface area contributed by atoms with Gasteiger partial charge in [-0.05, 0) is 36.6 Å². The monoisotopic (exact) mass is 367 g/mol. The number of benzene rings is 1. The first-order chi connectivity index (χ1) is 10.1. The Bertz CT molecular complexity index is 582. The van der Waals surface area contributed by atoms with Crippen LogP contribution >= 0.6 is 27.7 Å². The number of rotatable bonds is 5. The SMILES string of the molecule is C=C/C=C(/C=N\NC(=O)C(=O)Nc1ccc(Br)cc1)SC. The molecule has 0 spiro atoms. The predicted octanol–water partition coefficient (Wildman–Crippen LogP) is 2.92. The van der Waals surface area contributed by atoms with Crippen molar-refractivity contribution >= 4 is 51.4 Å². The van der Waals surface area contributed by atoms with Gasteiger partial charge in [-0.25, -0.2) is 5.43 Å². The molecule has 0 fully saturated rings. The van der Waals surface area contributed by atoms with Gasteiger partial charge in [0.2, 0.25) is 0 Å². The van der Waals surface area contributed by atoms with E-state index in [0.717, 1.165) is 9.38 Å². The highest BCUT2D eigenvalue weighted by Crippen LogP contribution is 2.13. The maximum atomic E-state index is 11.6. The molecule has 0 aliphatic rings. The normalized spacial score (nSPS) is 11.2. The lowest BCUT2D eigenvalue weighted by molar-refractivity contribution is -0.136. The van der Waals surface area contributed by atoms with E-state index >= 15 is 0 Å². The summed E-state index contributed by atoms with van der Waals surface area (Å²) in [5.41, 5.74) is 2.68. The van der Waals surface area contributed by atoms with Gasteiger partial charge in [0.1, 0.15) is 0 Å². The third kappa shape index (κ3) is 6.42. The molecule has 7 heteroatoms. The molecule has 0 radical (unpaired) electrons. The number of hydrogen-bond acceptors (Lipinski definition) is 4. The Balaban J connectivity index is 2.53. The molecule has 0 saturated carbocycles. The third-order valence-corrected chi connectivity index (χ3v) is 3.43. The van der Waals surface area contributed by atoms with Crippen molar-refractivity contribution in [3.8, 4) is 0 Å². The van der Waals surface area contributed by atoms with Crippen LogP contribution in [0.3, 0.4) is 0 Å². The minimum Gasteiger partial charge on any atom is -0.318 e. The number of hydrogen-bond donors (Lipinski definition) is 2. The van der Waals surface area contributed by atoms with E-state index in [1.807, 2.05) is 6.26 Å². The van der Waals surface area contributed by atoms with Crippen molar-refractivity contribution in [3.63, 3.8) is 0 Å². The molecule has 1 rings (SSSR count). The zero-order chi connectivity index (χ0) is 15.7. The summed E-state index contributed by atoms with van der Waals surface area (Å²) in [5.74, 6) is -1.62. The van der Waals surface area contributed by atoms with Crippen LogP contribution in [0.25, 0.3) is 0 Å². The molecule has 1 aromatic carbocycles. The smallest absolute Gasteiger partial charge is 0.318 e. The highest BCUT2D eigenvalue weighted by atomic mass is 79.9. The van der Waals surface area contributed by atoms with Gasteiger partial charge in [-0.2, -0.15) is 5.10 Å². The molecule has 21 heavy (non-hydrogen) atoms. The van der Waals surface area contributed by atoms with E-state index in [0.29, 0.717) is 5.69 Å². The maximum Gasteiger partial charge on any atom is 0.329 e. The quantitative estimate of drug-likeness (QED) is 0.363. The number of nitrogens with zero attached hydrogens (tertiary/aromatic N) is 1. The fourth-order valence-electron chi connectivity index (χ4n) is 1.21. The van der Waals surface area contributed by atoms with Crippen LogP contribution in [0.1, 0.15) is 0 Å². The Morgan fingerprint density at radius 1 is 1.29 bits per heavy atom. The first-order valence-corrected chi connectivity index (χ1v) is 7.85. The topological polar surface area (TPSA) is 70.6 Å². The number of halogens is 1. The van der Waals surface area contributed by atoms with E-state index in [2.05, 4.69) is 38.4 Å². The standard InChI is InChI=1S/C14H14BrN3O2S/c1-3-4-12(21-2)9-16-18-14(20)13(19)17-11-7-5-10(15)6-8-11/h3-9H,1H2,2H3,(H,17,19)(H,18,20)/b12-4-,16-9-. The van der Waals surface area contributed by atoms with Crippen molar-refractivity contribution < 1.29 is 9.59 Å². The number of amides is 2. The van der Waals surface area contributed by atoms with Crippen molar-refractivity contribution in [2.75, 3.05) is 11.6 Å². The van der Waals surface area contributed by atoms with Gasteiger partial charge in [-0.15, -0.1) is 11.8 Å². The van der Waals surface area contributed by atoms with Crippen molar-refractivity contribution in [1.82, 2.24) is 5.43 Å². The molecular formula is C14H14BrN3O2S. The molecule has 1 aromatic rings. The molecule has 0 aliphatic heterocycles. The fraction of sp³-hybridized carbons (Fsp3) is 0.0714. The van der Waals surface area contributed by atoms with Crippen LogP contribution in [0.4, 0.5) is 5.69 Å². The van der Waals surface area contributed by atoms with Crippen LogP contribution in [0, 0.1) is 0 Å². The summed E-state index contributed by atoms with van der Waals surface area (Å²) in [6.45, 7) is 3.57. The Labute approximate surface area is 135 Å². The Hall–Kier alpha value is -1.86. The number of thioether (sulfide) groups is 1. The summed E-state index contributed by atoms with van der Waals surface area (Å²) >= 11 is 4.73. The van der Waals surface area contributed by atoms with Crippen molar-refractivity contribution in [2.24, 2.45) is 5.10 Å². The lowest BCUT2D eigenvalue weighted by atomic mass is 10.3. The number of carbonyl (C=O) groups excluding carboxylic acids is 2. The van der Waals surface area contributed by atoms with Gasteiger partial charge in [0.25, 0.3) is 0 Å². The van der Waals surface area contributed by atoms with Gasteiger partial charge >= 0.3 is 11.8 Å². The maximum absolute atomic E-state index is 11.6. The summed E-state index contributed by atoms with van der Waals surface area (Å²) in [6, 6.07) is 6.88. The first kappa shape index (κ1) is 17.2. The van der Waals surface area contributed by atoms with E-state index in [1.165, 1.54) is 18.0 Å². The largest absolute Gasteiger partial charge is 0.329 e. The highest BCUT2D eigenvalue weighted by Gasteiger charge is 2.12. The van der Waals surface area contributed by atoms with E-state index in [1.54, 1.807) is 36.4 Å². The summed E-state index contributed by atoms with van der Waals surface area (Å²) in [6.07, 6.45) is 6.66. The van der Waals surface area contributed by atoms with Crippen molar-refractivity contribution in [1.29, 1.82) is 0 Å². The summed E-state index contributed by atoms with van der Waals surface area (Å²) in [5, 5.41) is 6.17. The number of nitrogens with one attached hydrogen (secondary N) is 2. The van der Waals surface area contributed by atoms with Crippen LogP contribution in [-0.4, -0.2) is 24.3 Å². The minimum atomic E-state index is -0.840. The van der Waals surface area contributed by atoms with Crippen molar-refractivity contribution in [3.05, 3.63) is 52.4 Å². The second kappa shape index (κ2) is 9.15. The van der Waals surface area contributed by atoms with Gasteiger partial charge in [0, 0.05) is 15.1 Å². The summed E-state index contributed by atoms with van der Waals surface area (Å²) < 4.78 is 0.883. The predicted molar refractivity (Wildman–Crippen MR) is 91.2 cm³/mol. The van der Waals surface area contributed by atoms with Crippen LogP contribution < -0.4 is 10.7 Å². The Morgan fingerprint density at radius 2 is 1.95 bits per heavy atom. The molecule has 0 unspecified atom stereocenters. The van der Waals surface area contributed by atoms with E-state index in [4.69, 9.17) is 0 Å². The van der Waals surface area contributed by atoms with E-state index < -0.39 is 11.8 Å². The van der Waals surface area contributed by atoms with Crippen LogP contribution in [0.5, 0.6) is 0 Å². The van der Waals surface area contributed by atoms with Crippen LogP contribution in [0.2, 0.25) is 0 Å². The summed E-state index contributed by atoms with van der Waals surface area (Å²) in [4.78, 5) is 24.0. The molecule has 0 heterocycles. The average molecular weight is 368 g/mol. The van der Waals surface area contributed by atoms with E-state index in [-0.39, 0.29) is 0 Å². The first-order valence-electron chi connectivity index (χ1n) is 5.83. The average Bonchev–Trinajstić information content (AvgIpc) is 2.48. The zero-order valence-electron chi connectivity index (χ0n) is 11.3. The highest BCUT2D eigenvalue weighted by molar-refractivity contribution is 9.10. The summed E-state index contributed by atoms with van der Waals surface area (Å²) in [7, 11) is 0. The second-order valence-corrected chi connectivity index (χ2v) is 5.46. The number of carbonyl (C=O) groups is 2. The molecule has 2 N–H and O–H groups in total. The minimum absolute atomic E-state index is 0.527. The molecule has 5 nitrogen and oxygen atoms in total. The molecular weight excluding hydrogens is 354 g/mol. The molecule has 0 saturated heterocycles. The molecule has 0 bridgehead atoms. The van der Waals surface area contributed by atoms with E-state index in [9.17, 15) is 9.59 Å². The fourth-order valence-corrected chi connectivity index (χ4v) is 1.86. The molecule has 110 valence electrons. The number of allylic oxidation sites excluding steroid dienone is 3. The molecule has 2 amide bonds. The molecule has 0 atom stereocenters. The molecule has 0 aliphatic carbocycles. The van der Waals surface area contributed by atoms with Gasteiger partial charge in [0.05, 0.1) is 6.21 Å². The van der Waals surface area contributed by atoms with Gasteiger partial charge < -0.3 is 5.32 Å². The van der Waals surface area contributed by atoms with Crippen molar-refractivity contribution in [2.45, 2.75) is 0 Å². The third-order valence-electron chi connectivity index (χ3n) is 2.18. The number of anilines is 1. The lowest BCUT2D eigenvalue weighted by Crippen LogP contribution is -2.32. The Kier molecular flexibility index (Phi) is 7.49. The van der Waals surface area contributed by atoms with Crippen LogP contribution in [-0.2, 0) is 9.59 Å². The molecule has 0 aromatic heterocycles. The second-order valence-electron chi connectivity index (χ2n) is 3.67.